The molecular formula is C54H64FN7O8. The molecule has 2 saturated heterocycles. The van der Waals surface area contributed by atoms with Gasteiger partial charge in [-0.15, -0.1) is 0 Å². The first-order valence-electron chi connectivity index (χ1n) is 23.7. The summed E-state index contributed by atoms with van der Waals surface area (Å²) in [5.41, 5.74) is 4.64. The molecule has 2 heterocycles. The third kappa shape index (κ3) is 14.9. The number of carbonyl (C=O) groups excluding carboxylic acids is 6. The second kappa shape index (κ2) is 27.3. The highest BCUT2D eigenvalue weighted by molar-refractivity contribution is 5.99. The molecule has 0 bridgehead atoms. The summed E-state index contributed by atoms with van der Waals surface area (Å²) in [5.74, 6) is -1.55. The van der Waals surface area contributed by atoms with Gasteiger partial charge < -0.3 is 45.4 Å². The van der Waals surface area contributed by atoms with E-state index in [-0.39, 0.29) is 42.0 Å². The molecule has 5 aromatic carbocycles. The van der Waals surface area contributed by atoms with Crippen LogP contribution in [0.25, 0.3) is 0 Å². The largest absolute Gasteiger partial charge is 0.453 e. The lowest BCUT2D eigenvalue weighted by Gasteiger charge is -2.29. The van der Waals surface area contributed by atoms with E-state index < -0.39 is 30.3 Å². The van der Waals surface area contributed by atoms with E-state index >= 15 is 0 Å². The Morgan fingerprint density at radius 1 is 0.657 bits per heavy atom. The Labute approximate surface area is 409 Å². The van der Waals surface area contributed by atoms with Gasteiger partial charge in [0.15, 0.2) is 0 Å². The maximum atomic E-state index is 13.6. The molecule has 4 atom stereocenters. The summed E-state index contributed by atoms with van der Waals surface area (Å²) in [7, 11) is 2.48. The summed E-state index contributed by atoms with van der Waals surface area (Å²) < 4.78 is 22.8. The average molecular weight is 958 g/mol. The second-order valence-electron chi connectivity index (χ2n) is 16.3. The fraction of sp³-hybridized carbons (Fsp3) is 0.333. The number of methoxy groups -OCH3 is 2. The predicted octanol–water partition coefficient (Wildman–Crippen LogP) is 9.18. The van der Waals surface area contributed by atoms with Gasteiger partial charge in [0.05, 0.1) is 26.8 Å². The number of carbonyl (C=O) groups is 6. The Hall–Kier alpha value is -7.75. The molecule has 2 aliphatic heterocycles. The first-order valence-corrected chi connectivity index (χ1v) is 23.7. The van der Waals surface area contributed by atoms with Crippen molar-refractivity contribution in [3.05, 3.63) is 162 Å². The number of anilines is 3. The Kier molecular flexibility index (Phi) is 20.7. The topological polar surface area (TPSA) is 179 Å². The van der Waals surface area contributed by atoms with Crippen LogP contribution < -0.4 is 26.2 Å². The molecule has 0 saturated carbocycles. The normalized spacial score (nSPS) is 15.6. The Morgan fingerprint density at radius 3 is 1.76 bits per heavy atom. The highest BCUT2D eigenvalue weighted by Gasteiger charge is 2.39. The van der Waals surface area contributed by atoms with Gasteiger partial charge in [-0.2, -0.15) is 0 Å². The number of likely N-dealkylation sites (tertiary alicyclic amines) is 1. The molecule has 4 N–H and O–H groups in total. The van der Waals surface area contributed by atoms with Crippen molar-refractivity contribution in [2.45, 2.75) is 77.0 Å². The smallest absolute Gasteiger partial charge is 0.407 e. The van der Waals surface area contributed by atoms with Gasteiger partial charge in [-0.25, -0.2) is 14.0 Å². The summed E-state index contributed by atoms with van der Waals surface area (Å²) >= 11 is 0. The van der Waals surface area contributed by atoms with Crippen LogP contribution in [0, 0.1) is 5.82 Å². The number of para-hydroxylation sites is 1. The molecule has 370 valence electrons. The van der Waals surface area contributed by atoms with Crippen molar-refractivity contribution >= 4 is 52.9 Å². The number of hydrogen-bond acceptors (Lipinski definition) is 9. The highest BCUT2D eigenvalue weighted by atomic mass is 19.1. The maximum Gasteiger partial charge on any atom is 0.407 e. The number of amides is 6. The van der Waals surface area contributed by atoms with E-state index in [1.807, 2.05) is 75.4 Å². The molecule has 16 heteroatoms. The number of hydrogen-bond donors (Lipinski definition) is 4. The Bertz CT molecular complexity index is 2450. The van der Waals surface area contributed by atoms with Crippen molar-refractivity contribution in [1.82, 2.24) is 20.4 Å². The molecule has 0 spiro atoms. The van der Waals surface area contributed by atoms with E-state index in [9.17, 15) is 33.2 Å². The van der Waals surface area contributed by atoms with Crippen LogP contribution in [0.2, 0.25) is 0 Å². The van der Waals surface area contributed by atoms with E-state index in [0.29, 0.717) is 54.9 Å². The molecule has 7 rings (SSSR count). The number of alkyl carbamates (subject to hydrolysis) is 2. The number of halogens is 1. The number of nitrogens with one attached hydrogen (secondary N) is 4. The summed E-state index contributed by atoms with van der Waals surface area (Å²) in [6.45, 7) is 7.50. The van der Waals surface area contributed by atoms with Crippen LogP contribution in [0.15, 0.2) is 140 Å². The van der Waals surface area contributed by atoms with Crippen molar-refractivity contribution in [2.75, 3.05) is 55.9 Å². The third-order valence-corrected chi connectivity index (χ3v) is 11.7. The quantitative estimate of drug-likeness (QED) is 0.0797. The molecule has 6 amide bonds. The van der Waals surface area contributed by atoms with Gasteiger partial charge in [0.2, 0.25) is 17.7 Å². The van der Waals surface area contributed by atoms with Crippen molar-refractivity contribution in [3.8, 4) is 0 Å². The van der Waals surface area contributed by atoms with E-state index in [2.05, 4.69) is 30.9 Å². The molecular weight excluding hydrogens is 894 g/mol. The number of rotatable bonds is 15. The maximum absolute atomic E-state index is 13.6. The molecule has 2 fully saturated rings. The zero-order chi connectivity index (χ0) is 50.4. The van der Waals surface area contributed by atoms with Gasteiger partial charge in [-0.1, -0.05) is 112 Å². The lowest BCUT2D eigenvalue weighted by Crippen LogP contribution is -2.48. The van der Waals surface area contributed by atoms with Gasteiger partial charge in [0.25, 0.3) is 5.91 Å². The van der Waals surface area contributed by atoms with Gasteiger partial charge in [0.1, 0.15) is 23.9 Å². The second-order valence-corrected chi connectivity index (χ2v) is 16.3. The summed E-state index contributed by atoms with van der Waals surface area (Å²) in [5, 5.41) is 10.9. The van der Waals surface area contributed by atoms with Crippen LogP contribution >= 0.6 is 0 Å². The van der Waals surface area contributed by atoms with Crippen molar-refractivity contribution in [3.63, 3.8) is 0 Å². The minimum absolute atomic E-state index is 0.117. The molecule has 70 heavy (non-hydrogen) atoms. The minimum Gasteiger partial charge on any atom is -0.453 e. The third-order valence-electron chi connectivity index (χ3n) is 11.7. The van der Waals surface area contributed by atoms with Crippen LogP contribution in [0.3, 0.4) is 0 Å². The van der Waals surface area contributed by atoms with Crippen LogP contribution in [0.1, 0.15) is 87.7 Å². The highest BCUT2D eigenvalue weighted by Crippen LogP contribution is 2.36. The first-order chi connectivity index (χ1) is 34.0. The Balaban J connectivity index is 0.000000268. The molecule has 0 aliphatic carbocycles. The SMILES string of the molecule is CC.CCCN(CC(=O)Nc1ccccc1)C(=O)[C@H](NC(=O)OC)c1ccccc1.COC(=O)NC(C(=O)N1CCCC1C(=O)Nc1ccc(C2CCCN2c2ccc(F)cc2)cc1)c1ccccc1. The molecule has 0 aromatic heterocycles. The van der Waals surface area contributed by atoms with Crippen LogP contribution in [-0.4, -0.2) is 92.1 Å². The van der Waals surface area contributed by atoms with E-state index in [0.717, 1.165) is 30.6 Å². The van der Waals surface area contributed by atoms with Gasteiger partial charge >= 0.3 is 12.2 Å². The minimum atomic E-state index is -0.961. The van der Waals surface area contributed by atoms with Crippen LogP contribution in [0.5, 0.6) is 0 Å². The lowest BCUT2D eigenvalue weighted by atomic mass is 10.0. The average Bonchev–Trinajstić information content (AvgIpc) is 4.10. The standard InChI is InChI=1S/C31H33FN4O4.C21H25N3O4.C2H6/c1-40-31(39)34-28(22-7-3-2-4-8-22)30(38)36-20-6-10-27(36)29(37)33-24-15-11-21(12-16-24)26-9-5-19-35(26)25-17-13-23(32)14-18-25;1-3-14-24(15-18(25)22-17-12-8-5-9-13-17)20(26)19(23-21(27)28-2)16-10-6-4-7-11-16;1-2/h2-4,7-8,11-18,26-28H,5-6,9-10,19-20H2,1H3,(H,33,37)(H,34,39);4-13,19H,3,14-15H2,1-2H3,(H,22,25)(H,23,27);1-2H3/t;19-;/m.1./s1. The van der Waals surface area contributed by atoms with Crippen molar-refractivity contribution in [2.24, 2.45) is 0 Å². The van der Waals surface area contributed by atoms with Crippen molar-refractivity contribution < 1.29 is 42.6 Å². The number of nitrogens with zero attached hydrogens (tertiary/aromatic N) is 3. The lowest BCUT2D eigenvalue weighted by molar-refractivity contribution is -0.138. The van der Waals surface area contributed by atoms with Crippen molar-refractivity contribution in [1.29, 1.82) is 0 Å². The molecule has 5 aromatic rings. The van der Waals surface area contributed by atoms with Crippen LogP contribution in [-0.2, 0) is 28.7 Å². The zero-order valence-electron chi connectivity index (χ0n) is 40.4. The Morgan fingerprint density at radius 2 is 1.19 bits per heavy atom. The molecule has 0 radical (unpaired) electrons. The first kappa shape index (κ1) is 53.2. The van der Waals surface area contributed by atoms with Gasteiger partial charge in [-0.3, -0.25) is 19.2 Å². The monoisotopic (exact) mass is 957 g/mol. The summed E-state index contributed by atoms with van der Waals surface area (Å²) in [6.07, 6.45) is 2.48. The van der Waals surface area contributed by atoms with E-state index in [1.54, 1.807) is 72.8 Å². The molecule has 2 aliphatic rings. The summed E-state index contributed by atoms with van der Waals surface area (Å²) in [6, 6.07) is 38.8. The zero-order valence-corrected chi connectivity index (χ0v) is 40.4. The van der Waals surface area contributed by atoms with Gasteiger partial charge in [-0.05, 0) is 97.3 Å². The van der Waals surface area contributed by atoms with E-state index in [1.165, 1.54) is 36.2 Å². The summed E-state index contributed by atoms with van der Waals surface area (Å²) in [4.78, 5) is 81.5. The predicted molar refractivity (Wildman–Crippen MR) is 268 cm³/mol. The fourth-order valence-electron chi connectivity index (χ4n) is 8.37. The van der Waals surface area contributed by atoms with Crippen LogP contribution in [0.4, 0.5) is 31.0 Å². The number of ether oxygens (including phenoxy) is 2. The number of benzene rings is 5. The van der Waals surface area contributed by atoms with Gasteiger partial charge in [0, 0.05) is 36.7 Å². The molecule has 3 unspecified atom stereocenters. The fourth-order valence-corrected chi connectivity index (χ4v) is 8.37. The van der Waals surface area contributed by atoms with E-state index in [4.69, 9.17) is 4.74 Å². The molecule has 15 nitrogen and oxygen atoms in total.